The van der Waals surface area contributed by atoms with E-state index in [1.807, 2.05) is 6.92 Å². The zero-order valence-corrected chi connectivity index (χ0v) is 12.0. The Morgan fingerprint density at radius 3 is 2.86 bits per heavy atom. The lowest BCUT2D eigenvalue weighted by Gasteiger charge is -2.28. The number of hydrogen-bond acceptors (Lipinski definition) is 5. The molecule has 2 heterocycles. The van der Waals surface area contributed by atoms with Gasteiger partial charge in [-0.1, -0.05) is 0 Å². The van der Waals surface area contributed by atoms with E-state index in [0.29, 0.717) is 23.7 Å². The monoisotopic (exact) mass is 301 g/mol. The summed E-state index contributed by atoms with van der Waals surface area (Å²) in [4.78, 5) is 25.5. The number of likely N-dealkylation sites (N-methyl/N-ethyl adjacent to an activating group) is 1. The number of furan rings is 1. The quantitative estimate of drug-likeness (QED) is 0.901. The molecule has 0 bridgehead atoms. The van der Waals surface area contributed by atoms with E-state index < -0.39 is 5.91 Å². The van der Waals surface area contributed by atoms with Gasteiger partial charge in [0.05, 0.1) is 5.69 Å². The topological polar surface area (TPSA) is 97.8 Å². The molecule has 0 radical (unpaired) electrons. The van der Waals surface area contributed by atoms with Crippen molar-refractivity contribution < 1.29 is 18.7 Å². The Bertz CT molecular complexity index is 738. The molecule has 1 aromatic heterocycles. The van der Waals surface area contributed by atoms with Crippen LogP contribution in [0.4, 0.5) is 17.3 Å². The average Bonchev–Trinajstić information content (AvgIpc) is 2.94. The number of benzene rings is 1. The number of nitrogen functional groups attached to an aromatic ring is 1. The zero-order chi connectivity index (χ0) is 15.7. The molecule has 2 amide bonds. The van der Waals surface area contributed by atoms with E-state index in [1.54, 1.807) is 23.1 Å². The van der Waals surface area contributed by atoms with Gasteiger partial charge in [0, 0.05) is 18.3 Å². The second-order valence-corrected chi connectivity index (χ2v) is 4.77. The molecular weight excluding hydrogens is 286 g/mol. The third-order valence-electron chi connectivity index (χ3n) is 3.33. The number of hydrogen-bond donors (Lipinski definition) is 2. The Morgan fingerprint density at radius 1 is 1.36 bits per heavy atom. The molecule has 114 valence electrons. The highest BCUT2D eigenvalue weighted by atomic mass is 16.5. The molecule has 3 rings (SSSR count). The van der Waals surface area contributed by atoms with Gasteiger partial charge in [0.1, 0.15) is 5.75 Å². The second-order valence-electron chi connectivity index (χ2n) is 4.77. The maximum atomic E-state index is 12.0. The van der Waals surface area contributed by atoms with Crippen LogP contribution in [0.2, 0.25) is 0 Å². The Balaban J connectivity index is 1.85. The van der Waals surface area contributed by atoms with Gasteiger partial charge < -0.3 is 25.1 Å². The molecule has 1 aromatic carbocycles. The molecule has 0 saturated heterocycles. The summed E-state index contributed by atoms with van der Waals surface area (Å²) in [5, 5.41) is 2.70. The smallest absolute Gasteiger partial charge is 0.291 e. The molecule has 22 heavy (non-hydrogen) atoms. The highest BCUT2D eigenvalue weighted by Gasteiger charge is 2.24. The predicted molar refractivity (Wildman–Crippen MR) is 81.0 cm³/mol. The van der Waals surface area contributed by atoms with Crippen LogP contribution >= 0.6 is 0 Å². The van der Waals surface area contributed by atoms with Crippen LogP contribution in [-0.2, 0) is 4.79 Å². The van der Waals surface area contributed by atoms with Gasteiger partial charge in [-0.15, -0.1) is 0 Å². The maximum absolute atomic E-state index is 12.0. The van der Waals surface area contributed by atoms with Crippen molar-refractivity contribution in [3.8, 4) is 5.75 Å². The normalized spacial score (nSPS) is 13.5. The number of carbonyl (C=O) groups excluding carboxylic acids is 2. The number of ether oxygens (including phenoxy) is 1. The van der Waals surface area contributed by atoms with Crippen LogP contribution in [0.3, 0.4) is 0 Å². The summed E-state index contributed by atoms with van der Waals surface area (Å²) in [6.45, 7) is 2.43. The Kier molecular flexibility index (Phi) is 3.46. The standard InChI is InChI=1S/C15H15N3O4/c1-2-18-10-7-9(3-4-11(10)21-8-14(18)19)17-15(20)12-5-6-13(16)22-12/h3-7H,2,8,16H2,1H3,(H,17,20). The summed E-state index contributed by atoms with van der Waals surface area (Å²) in [6.07, 6.45) is 0. The minimum absolute atomic E-state index is 0.0260. The summed E-state index contributed by atoms with van der Waals surface area (Å²) in [5.74, 6) is 0.378. The molecule has 1 aliphatic rings. The van der Waals surface area contributed by atoms with Crippen LogP contribution < -0.4 is 20.7 Å². The van der Waals surface area contributed by atoms with Crippen molar-refractivity contribution in [2.75, 3.05) is 29.1 Å². The largest absolute Gasteiger partial charge is 0.482 e. The number of anilines is 3. The molecule has 3 N–H and O–H groups in total. The molecule has 0 aliphatic carbocycles. The Hall–Kier alpha value is -2.96. The first-order valence-electron chi connectivity index (χ1n) is 6.82. The Labute approximate surface area is 126 Å². The fourth-order valence-corrected chi connectivity index (χ4v) is 2.29. The summed E-state index contributed by atoms with van der Waals surface area (Å²) in [7, 11) is 0. The number of rotatable bonds is 3. The number of carbonyl (C=O) groups is 2. The number of nitrogens with zero attached hydrogens (tertiary/aromatic N) is 1. The van der Waals surface area contributed by atoms with Crippen LogP contribution in [0.25, 0.3) is 0 Å². The van der Waals surface area contributed by atoms with E-state index in [0.717, 1.165) is 0 Å². The van der Waals surface area contributed by atoms with Crippen molar-refractivity contribution in [1.82, 2.24) is 0 Å². The highest BCUT2D eigenvalue weighted by molar-refractivity contribution is 6.04. The molecule has 1 aliphatic heterocycles. The van der Waals surface area contributed by atoms with E-state index >= 15 is 0 Å². The van der Waals surface area contributed by atoms with E-state index in [-0.39, 0.29) is 24.2 Å². The van der Waals surface area contributed by atoms with Crippen LogP contribution in [-0.4, -0.2) is 25.0 Å². The summed E-state index contributed by atoms with van der Waals surface area (Å²) >= 11 is 0. The summed E-state index contributed by atoms with van der Waals surface area (Å²) < 4.78 is 10.4. The van der Waals surface area contributed by atoms with Crippen molar-refractivity contribution in [1.29, 1.82) is 0 Å². The zero-order valence-electron chi connectivity index (χ0n) is 12.0. The van der Waals surface area contributed by atoms with Crippen molar-refractivity contribution in [2.24, 2.45) is 0 Å². The van der Waals surface area contributed by atoms with Crippen molar-refractivity contribution in [2.45, 2.75) is 6.92 Å². The van der Waals surface area contributed by atoms with Gasteiger partial charge in [0.15, 0.2) is 18.3 Å². The lowest BCUT2D eigenvalue weighted by molar-refractivity contribution is -0.121. The van der Waals surface area contributed by atoms with Gasteiger partial charge in [0.2, 0.25) is 0 Å². The van der Waals surface area contributed by atoms with Gasteiger partial charge in [-0.3, -0.25) is 9.59 Å². The van der Waals surface area contributed by atoms with Gasteiger partial charge in [-0.2, -0.15) is 0 Å². The molecule has 0 unspecified atom stereocenters. The third-order valence-corrected chi connectivity index (χ3v) is 3.33. The molecule has 0 fully saturated rings. The Morgan fingerprint density at radius 2 is 2.18 bits per heavy atom. The first-order valence-corrected chi connectivity index (χ1v) is 6.82. The van der Waals surface area contributed by atoms with E-state index in [1.165, 1.54) is 12.1 Å². The summed E-state index contributed by atoms with van der Waals surface area (Å²) in [5.41, 5.74) is 6.62. The van der Waals surface area contributed by atoms with Crippen LogP contribution in [0.15, 0.2) is 34.7 Å². The molecule has 0 saturated carbocycles. The average molecular weight is 301 g/mol. The predicted octanol–water partition coefficient (Wildman–Crippen LogP) is 1.86. The van der Waals surface area contributed by atoms with E-state index in [4.69, 9.17) is 14.9 Å². The second kappa shape index (κ2) is 5.44. The van der Waals surface area contributed by atoms with Crippen molar-refractivity contribution in [3.05, 3.63) is 36.1 Å². The minimum Gasteiger partial charge on any atom is -0.482 e. The van der Waals surface area contributed by atoms with Gasteiger partial charge in [0.25, 0.3) is 11.8 Å². The molecule has 0 spiro atoms. The number of nitrogens with one attached hydrogen (secondary N) is 1. The maximum Gasteiger partial charge on any atom is 0.291 e. The van der Waals surface area contributed by atoms with Crippen molar-refractivity contribution in [3.63, 3.8) is 0 Å². The SMILES string of the molecule is CCN1C(=O)COc2ccc(NC(=O)c3ccc(N)o3)cc21. The minimum atomic E-state index is -0.414. The van der Waals surface area contributed by atoms with E-state index in [2.05, 4.69) is 5.32 Å². The molecule has 2 aromatic rings. The first-order chi connectivity index (χ1) is 10.6. The molecule has 7 nitrogen and oxygen atoms in total. The van der Waals surface area contributed by atoms with Gasteiger partial charge >= 0.3 is 0 Å². The number of amides is 2. The molecular formula is C15H15N3O4. The highest BCUT2D eigenvalue weighted by Crippen LogP contribution is 2.34. The van der Waals surface area contributed by atoms with Gasteiger partial charge in [-0.25, -0.2) is 0 Å². The lowest BCUT2D eigenvalue weighted by atomic mass is 10.2. The van der Waals surface area contributed by atoms with Crippen LogP contribution in [0, 0.1) is 0 Å². The number of nitrogens with two attached hydrogens (primary N) is 1. The third kappa shape index (κ3) is 2.48. The van der Waals surface area contributed by atoms with E-state index in [9.17, 15) is 9.59 Å². The van der Waals surface area contributed by atoms with Crippen LogP contribution in [0.1, 0.15) is 17.5 Å². The molecule has 7 heteroatoms. The fraction of sp³-hybridized carbons (Fsp3) is 0.200. The lowest BCUT2D eigenvalue weighted by Crippen LogP contribution is -2.38. The number of fused-ring (bicyclic) bond motifs is 1. The van der Waals surface area contributed by atoms with Gasteiger partial charge in [-0.05, 0) is 31.2 Å². The van der Waals surface area contributed by atoms with Crippen molar-refractivity contribution >= 4 is 29.1 Å². The molecule has 0 atom stereocenters. The van der Waals surface area contributed by atoms with Crippen LogP contribution in [0.5, 0.6) is 5.75 Å². The fourth-order valence-electron chi connectivity index (χ4n) is 2.29. The first kappa shape index (κ1) is 14.0. The summed E-state index contributed by atoms with van der Waals surface area (Å²) in [6, 6.07) is 8.12.